The topological polar surface area (TPSA) is 52.6 Å². The van der Waals surface area contributed by atoms with Gasteiger partial charge in [-0.25, -0.2) is 5.01 Å². The number of hydrogen-bond donors (Lipinski definition) is 2. The minimum absolute atomic E-state index is 0.161. The summed E-state index contributed by atoms with van der Waals surface area (Å²) < 4.78 is 0. The molecule has 0 bridgehead atoms. The first-order chi connectivity index (χ1) is 11.7. The fraction of sp³-hybridized carbons (Fsp3) is 0.316. The van der Waals surface area contributed by atoms with E-state index in [0.717, 1.165) is 11.1 Å². The highest BCUT2D eigenvalue weighted by Crippen LogP contribution is 2.26. The second kappa shape index (κ2) is 8.19. The lowest BCUT2D eigenvalue weighted by Crippen LogP contribution is -2.50. The Labute approximate surface area is 158 Å². The number of nitrogens with one attached hydrogen (secondary N) is 1. The van der Waals surface area contributed by atoms with Crippen LogP contribution in [0.15, 0.2) is 48.5 Å². The Morgan fingerprint density at radius 2 is 1.80 bits per heavy atom. The van der Waals surface area contributed by atoms with Gasteiger partial charge in [0.1, 0.15) is 5.60 Å². The van der Waals surface area contributed by atoms with Crippen molar-refractivity contribution in [3.05, 3.63) is 69.7 Å². The van der Waals surface area contributed by atoms with Crippen molar-refractivity contribution >= 4 is 29.1 Å². The second-order valence-electron chi connectivity index (χ2n) is 6.51. The first-order valence-electron chi connectivity index (χ1n) is 7.93. The van der Waals surface area contributed by atoms with E-state index in [1.54, 1.807) is 18.1 Å². The lowest BCUT2D eigenvalue weighted by Gasteiger charge is -2.31. The fourth-order valence-electron chi connectivity index (χ4n) is 2.41. The van der Waals surface area contributed by atoms with Gasteiger partial charge in [0, 0.05) is 17.1 Å². The SMILES string of the molecule is CN(NC(=O)C(C)(C)O)C(Cc1ccc(Cl)cc1)c1cccc(Cl)c1. The van der Waals surface area contributed by atoms with Crippen molar-refractivity contribution in [3.8, 4) is 0 Å². The van der Waals surface area contributed by atoms with Gasteiger partial charge in [0.2, 0.25) is 0 Å². The maximum absolute atomic E-state index is 12.1. The molecule has 1 amide bonds. The molecule has 1 unspecified atom stereocenters. The van der Waals surface area contributed by atoms with E-state index in [1.807, 2.05) is 42.5 Å². The monoisotopic (exact) mass is 380 g/mol. The highest BCUT2D eigenvalue weighted by molar-refractivity contribution is 6.30. The summed E-state index contributed by atoms with van der Waals surface area (Å²) in [5.41, 5.74) is 3.31. The molecule has 0 aliphatic heterocycles. The number of carbonyl (C=O) groups excluding carboxylic acids is 1. The Morgan fingerprint density at radius 1 is 1.16 bits per heavy atom. The van der Waals surface area contributed by atoms with Crippen molar-refractivity contribution in [1.29, 1.82) is 0 Å². The van der Waals surface area contributed by atoms with E-state index < -0.39 is 11.5 Å². The molecule has 0 aliphatic carbocycles. The average molecular weight is 381 g/mol. The Bertz CT molecular complexity index is 727. The van der Waals surface area contributed by atoms with Crippen LogP contribution in [0.3, 0.4) is 0 Å². The third-order valence-electron chi connectivity index (χ3n) is 3.88. The zero-order valence-corrected chi connectivity index (χ0v) is 16.0. The molecule has 0 aromatic heterocycles. The molecule has 6 heteroatoms. The number of carbonyl (C=O) groups is 1. The Balaban J connectivity index is 2.28. The zero-order valence-electron chi connectivity index (χ0n) is 14.5. The highest BCUT2D eigenvalue weighted by Gasteiger charge is 2.27. The van der Waals surface area contributed by atoms with Crippen molar-refractivity contribution in [2.24, 2.45) is 0 Å². The smallest absolute Gasteiger partial charge is 0.265 e. The summed E-state index contributed by atoms with van der Waals surface area (Å²) in [4.78, 5) is 12.1. The van der Waals surface area contributed by atoms with Gasteiger partial charge in [-0.1, -0.05) is 47.5 Å². The van der Waals surface area contributed by atoms with Crippen molar-refractivity contribution < 1.29 is 9.90 Å². The maximum Gasteiger partial charge on any atom is 0.265 e. The number of halogens is 2. The number of hydrogen-bond acceptors (Lipinski definition) is 3. The molecule has 0 spiro atoms. The van der Waals surface area contributed by atoms with Crippen LogP contribution in [0.1, 0.15) is 31.0 Å². The molecule has 0 fully saturated rings. The molecule has 4 nitrogen and oxygen atoms in total. The van der Waals surface area contributed by atoms with Crippen LogP contribution in [-0.4, -0.2) is 28.7 Å². The van der Waals surface area contributed by atoms with Gasteiger partial charge in [0.15, 0.2) is 0 Å². The summed E-state index contributed by atoms with van der Waals surface area (Å²) in [5, 5.41) is 12.9. The van der Waals surface area contributed by atoms with Gasteiger partial charge in [-0.2, -0.15) is 0 Å². The quantitative estimate of drug-likeness (QED) is 0.744. The standard InChI is InChI=1S/C19H22Cl2N2O2/c1-19(2,25)18(24)22-23(3)17(14-5-4-6-16(21)12-14)11-13-7-9-15(20)10-8-13/h4-10,12,17,25H,11H2,1-3H3,(H,22,24). The summed E-state index contributed by atoms with van der Waals surface area (Å²) >= 11 is 12.1. The van der Waals surface area contributed by atoms with Gasteiger partial charge >= 0.3 is 0 Å². The number of benzene rings is 2. The summed E-state index contributed by atoms with van der Waals surface area (Å²) in [6.45, 7) is 2.90. The number of aliphatic hydroxyl groups is 1. The largest absolute Gasteiger partial charge is 0.381 e. The fourth-order valence-corrected chi connectivity index (χ4v) is 2.74. The van der Waals surface area contributed by atoms with Gasteiger partial charge in [0.25, 0.3) is 5.91 Å². The first-order valence-corrected chi connectivity index (χ1v) is 8.68. The van der Waals surface area contributed by atoms with Gasteiger partial charge in [-0.15, -0.1) is 0 Å². The van der Waals surface area contributed by atoms with Crippen LogP contribution in [-0.2, 0) is 11.2 Å². The second-order valence-corrected chi connectivity index (χ2v) is 7.39. The minimum atomic E-state index is -1.46. The van der Waals surface area contributed by atoms with Crippen molar-refractivity contribution in [2.75, 3.05) is 7.05 Å². The van der Waals surface area contributed by atoms with Crippen LogP contribution in [0.5, 0.6) is 0 Å². The van der Waals surface area contributed by atoms with Crippen molar-refractivity contribution in [2.45, 2.75) is 31.9 Å². The molecule has 0 aliphatic rings. The molecule has 2 aromatic carbocycles. The molecule has 0 radical (unpaired) electrons. The van der Waals surface area contributed by atoms with E-state index in [4.69, 9.17) is 23.2 Å². The number of likely N-dealkylation sites (N-methyl/N-ethyl adjacent to an activating group) is 1. The molecule has 134 valence electrons. The van der Waals surface area contributed by atoms with Crippen LogP contribution in [0.2, 0.25) is 10.0 Å². The van der Waals surface area contributed by atoms with Crippen molar-refractivity contribution in [1.82, 2.24) is 10.4 Å². The average Bonchev–Trinajstić information content (AvgIpc) is 2.53. The number of nitrogens with zero attached hydrogens (tertiary/aromatic N) is 1. The highest BCUT2D eigenvalue weighted by atomic mass is 35.5. The normalized spacial score (nSPS) is 12.9. The molecule has 0 heterocycles. The van der Waals surface area contributed by atoms with E-state index in [-0.39, 0.29) is 6.04 Å². The van der Waals surface area contributed by atoms with E-state index in [9.17, 15) is 9.90 Å². The number of hydrazine groups is 1. The lowest BCUT2D eigenvalue weighted by atomic mass is 9.98. The van der Waals surface area contributed by atoms with Crippen LogP contribution < -0.4 is 5.43 Å². The molecule has 2 aromatic rings. The first kappa shape index (κ1) is 19.7. The molecule has 0 saturated heterocycles. The predicted octanol–water partition coefficient (Wildman–Crippen LogP) is 4.01. The summed E-state index contributed by atoms with van der Waals surface area (Å²) in [6, 6.07) is 14.9. The van der Waals surface area contributed by atoms with Crippen LogP contribution in [0, 0.1) is 0 Å². The number of rotatable bonds is 6. The third-order valence-corrected chi connectivity index (χ3v) is 4.36. The van der Waals surface area contributed by atoms with Crippen LogP contribution >= 0.6 is 23.2 Å². The molecular weight excluding hydrogens is 359 g/mol. The van der Waals surface area contributed by atoms with E-state index in [0.29, 0.717) is 16.5 Å². The molecule has 25 heavy (non-hydrogen) atoms. The minimum Gasteiger partial charge on any atom is -0.381 e. The van der Waals surface area contributed by atoms with E-state index in [1.165, 1.54) is 13.8 Å². The van der Waals surface area contributed by atoms with Crippen LogP contribution in [0.25, 0.3) is 0 Å². The molecular formula is C19H22Cl2N2O2. The van der Waals surface area contributed by atoms with E-state index >= 15 is 0 Å². The van der Waals surface area contributed by atoms with Crippen molar-refractivity contribution in [3.63, 3.8) is 0 Å². The Kier molecular flexibility index (Phi) is 6.47. The summed E-state index contributed by atoms with van der Waals surface area (Å²) in [7, 11) is 1.77. The molecule has 2 rings (SSSR count). The van der Waals surface area contributed by atoms with Gasteiger partial charge < -0.3 is 5.11 Å². The van der Waals surface area contributed by atoms with Gasteiger partial charge in [-0.3, -0.25) is 10.2 Å². The molecule has 1 atom stereocenters. The Hall–Kier alpha value is -1.59. The zero-order chi connectivity index (χ0) is 18.6. The van der Waals surface area contributed by atoms with Crippen LogP contribution in [0.4, 0.5) is 0 Å². The van der Waals surface area contributed by atoms with Gasteiger partial charge in [0.05, 0.1) is 6.04 Å². The maximum atomic E-state index is 12.1. The van der Waals surface area contributed by atoms with E-state index in [2.05, 4.69) is 5.43 Å². The molecule has 2 N–H and O–H groups in total. The predicted molar refractivity (Wildman–Crippen MR) is 102 cm³/mol. The third kappa shape index (κ3) is 5.72. The van der Waals surface area contributed by atoms with Gasteiger partial charge in [-0.05, 0) is 55.7 Å². The molecule has 0 saturated carbocycles. The lowest BCUT2D eigenvalue weighted by molar-refractivity contribution is -0.142. The number of amides is 1. The Morgan fingerprint density at radius 3 is 2.36 bits per heavy atom. The summed E-state index contributed by atoms with van der Waals surface area (Å²) in [6.07, 6.45) is 0.639. The summed E-state index contributed by atoms with van der Waals surface area (Å²) in [5.74, 6) is -0.474.